The van der Waals surface area contributed by atoms with E-state index >= 15 is 0 Å². The van der Waals surface area contributed by atoms with Crippen molar-refractivity contribution in [2.24, 2.45) is 23.7 Å². The maximum atomic E-state index is 13.4. The predicted molar refractivity (Wildman–Crippen MR) is 165 cm³/mol. The Balaban J connectivity index is 1.11. The van der Waals surface area contributed by atoms with Crippen molar-refractivity contribution >= 4 is 29.2 Å². The average molecular weight is 604 g/mol. The lowest BCUT2D eigenvalue weighted by molar-refractivity contribution is -0.317. The molecule has 6 atom stereocenters. The first-order valence-electron chi connectivity index (χ1n) is 15.7. The zero-order valence-electron chi connectivity index (χ0n) is 24.8. The van der Waals surface area contributed by atoms with Crippen LogP contribution < -0.4 is 15.7 Å². The third-order valence-electron chi connectivity index (χ3n) is 9.59. The predicted octanol–water partition coefficient (Wildman–Crippen LogP) is 3.80. The summed E-state index contributed by atoms with van der Waals surface area (Å²) >= 11 is 0. The lowest BCUT2D eigenvalue weighted by Crippen LogP contribution is -2.47. The molecule has 8 nitrogen and oxygen atoms in total. The van der Waals surface area contributed by atoms with Crippen LogP contribution in [0.1, 0.15) is 59.2 Å². The van der Waals surface area contributed by atoms with E-state index in [0.717, 1.165) is 12.8 Å². The smallest absolute Gasteiger partial charge is 0.251 e. The molecule has 3 fully saturated rings. The van der Waals surface area contributed by atoms with E-state index in [9.17, 15) is 29.1 Å². The molecule has 230 valence electrons. The molecule has 0 saturated heterocycles. The standard InChI is InChI=1S/C37H36N2O6/c40-32-24-18-10-20-28(38-36(44)22-12-4-1-5-13-22)30(24)34(42)26(32)16-8-3-9-17-27-33(41)25-19-11-21-29(31(25)35(27)43)39-37(45)23-14-6-2-7-15-23/h1-9,12-17,24-25,28-31,40H,10-11,18-21H2,(H,38,44)(H,39,45)/p-1/b9-3+,16-8+,27-17+. The molecule has 0 radical (unpaired) electrons. The molecular formula is C37H35N2O6-. The highest BCUT2D eigenvalue weighted by Crippen LogP contribution is 2.43. The van der Waals surface area contributed by atoms with Gasteiger partial charge in [0, 0.05) is 40.6 Å². The molecule has 8 heteroatoms. The topological polar surface area (TPSA) is 132 Å². The Hall–Kier alpha value is -4.85. The number of nitrogens with one attached hydrogen (secondary N) is 2. The number of Topliss-reactive ketones (excluding diaryl/α,β-unsaturated/α-hetero) is 3. The molecule has 3 saturated carbocycles. The summed E-state index contributed by atoms with van der Waals surface area (Å²) in [5.41, 5.74) is 1.23. The third kappa shape index (κ3) is 5.97. The van der Waals surface area contributed by atoms with Crippen molar-refractivity contribution in [2.45, 2.75) is 50.6 Å². The van der Waals surface area contributed by atoms with Gasteiger partial charge in [0.1, 0.15) is 0 Å². The van der Waals surface area contributed by atoms with Crippen LogP contribution in [0, 0.1) is 23.7 Å². The quantitative estimate of drug-likeness (QED) is 0.281. The number of rotatable bonds is 7. The molecule has 2 aromatic carbocycles. The van der Waals surface area contributed by atoms with E-state index in [1.54, 1.807) is 66.8 Å². The summed E-state index contributed by atoms with van der Waals surface area (Å²) in [7, 11) is 0. The Kier molecular flexibility index (Phi) is 8.74. The number of benzene rings is 2. The summed E-state index contributed by atoms with van der Waals surface area (Å²) in [4.78, 5) is 65.4. The molecule has 4 aliphatic rings. The Morgan fingerprint density at radius 2 is 1.18 bits per heavy atom. The lowest BCUT2D eigenvalue weighted by atomic mass is 9.76. The van der Waals surface area contributed by atoms with E-state index in [-0.39, 0.29) is 46.1 Å². The van der Waals surface area contributed by atoms with E-state index in [1.165, 1.54) is 12.2 Å². The third-order valence-corrected chi connectivity index (χ3v) is 9.59. The fraction of sp³-hybridized carbons (Fsp3) is 0.324. The normalized spacial score (nSPS) is 29.0. The highest BCUT2D eigenvalue weighted by atomic mass is 16.3. The van der Waals surface area contributed by atoms with Crippen LogP contribution in [-0.4, -0.2) is 41.2 Å². The van der Waals surface area contributed by atoms with Crippen molar-refractivity contribution in [1.82, 2.24) is 10.6 Å². The first kappa shape index (κ1) is 30.2. The number of hydrogen-bond donors (Lipinski definition) is 2. The van der Waals surface area contributed by atoms with E-state index in [4.69, 9.17) is 0 Å². The van der Waals surface area contributed by atoms with Gasteiger partial charge in [0.15, 0.2) is 17.3 Å². The highest BCUT2D eigenvalue weighted by molar-refractivity contribution is 6.28. The molecule has 2 amide bonds. The minimum Gasteiger partial charge on any atom is -0.875 e. The molecule has 6 unspecified atom stereocenters. The van der Waals surface area contributed by atoms with Gasteiger partial charge in [-0.2, -0.15) is 0 Å². The molecule has 0 bridgehead atoms. The van der Waals surface area contributed by atoms with Crippen molar-refractivity contribution in [3.8, 4) is 0 Å². The maximum absolute atomic E-state index is 13.4. The second-order valence-electron chi connectivity index (χ2n) is 12.2. The first-order valence-corrected chi connectivity index (χ1v) is 15.7. The molecule has 0 aromatic heterocycles. The number of allylic oxidation sites excluding steroid dienone is 8. The number of carbonyl (C=O) groups is 5. The van der Waals surface area contributed by atoms with Gasteiger partial charge in [-0.15, -0.1) is 5.76 Å². The highest BCUT2D eigenvalue weighted by Gasteiger charge is 2.51. The summed E-state index contributed by atoms with van der Waals surface area (Å²) in [6.07, 6.45) is 11.6. The SMILES string of the molecule is O=C(NC1CCCC2C([O-])=C(/C=C/C=C/C=C3\C(=O)C4CCCC(NC(=O)c5ccccc5)C4C3=O)C(=O)C12)c1ccccc1. The van der Waals surface area contributed by atoms with Gasteiger partial charge < -0.3 is 15.7 Å². The van der Waals surface area contributed by atoms with E-state index in [0.29, 0.717) is 36.8 Å². The zero-order chi connectivity index (χ0) is 31.5. The van der Waals surface area contributed by atoms with Gasteiger partial charge in [-0.1, -0.05) is 73.5 Å². The van der Waals surface area contributed by atoms with Gasteiger partial charge in [0.2, 0.25) is 0 Å². The van der Waals surface area contributed by atoms with Gasteiger partial charge in [0.05, 0.1) is 11.5 Å². The summed E-state index contributed by atoms with van der Waals surface area (Å²) in [5.74, 6) is -3.55. The van der Waals surface area contributed by atoms with Crippen LogP contribution in [0.2, 0.25) is 0 Å². The minimum atomic E-state index is -0.586. The van der Waals surface area contributed by atoms with E-state index < -0.39 is 35.8 Å². The molecule has 45 heavy (non-hydrogen) atoms. The summed E-state index contributed by atoms with van der Waals surface area (Å²) in [5, 5.41) is 19.1. The van der Waals surface area contributed by atoms with Crippen LogP contribution in [0.4, 0.5) is 0 Å². The van der Waals surface area contributed by atoms with Crippen LogP contribution in [-0.2, 0) is 14.4 Å². The molecule has 6 rings (SSSR count). The second kappa shape index (κ2) is 13.0. The van der Waals surface area contributed by atoms with Gasteiger partial charge in [-0.3, -0.25) is 24.0 Å². The van der Waals surface area contributed by atoms with Crippen molar-refractivity contribution in [3.63, 3.8) is 0 Å². The summed E-state index contributed by atoms with van der Waals surface area (Å²) in [6.45, 7) is 0. The lowest BCUT2D eigenvalue weighted by Gasteiger charge is -2.36. The molecule has 4 aliphatic carbocycles. The Labute approximate surface area is 262 Å². The van der Waals surface area contributed by atoms with Crippen LogP contribution >= 0.6 is 0 Å². The fourth-order valence-corrected chi connectivity index (χ4v) is 7.42. The van der Waals surface area contributed by atoms with Crippen LogP contribution in [0.25, 0.3) is 0 Å². The fourth-order valence-electron chi connectivity index (χ4n) is 7.42. The number of fused-ring (bicyclic) bond motifs is 2. The number of carbonyl (C=O) groups excluding carboxylic acids is 5. The Bertz CT molecular complexity index is 1640. The minimum absolute atomic E-state index is 0.110. The van der Waals surface area contributed by atoms with E-state index in [2.05, 4.69) is 10.6 Å². The van der Waals surface area contributed by atoms with Crippen LogP contribution in [0.5, 0.6) is 0 Å². The Morgan fingerprint density at radius 1 is 0.644 bits per heavy atom. The summed E-state index contributed by atoms with van der Waals surface area (Å²) in [6, 6.07) is 16.8. The van der Waals surface area contributed by atoms with Gasteiger partial charge in [0.25, 0.3) is 11.8 Å². The van der Waals surface area contributed by atoms with Crippen LogP contribution in [0.3, 0.4) is 0 Å². The van der Waals surface area contributed by atoms with Crippen molar-refractivity contribution in [1.29, 1.82) is 0 Å². The van der Waals surface area contributed by atoms with E-state index in [1.807, 2.05) is 12.1 Å². The molecule has 0 heterocycles. The van der Waals surface area contributed by atoms with Gasteiger partial charge >= 0.3 is 0 Å². The average Bonchev–Trinajstić information content (AvgIpc) is 3.46. The van der Waals surface area contributed by atoms with Crippen molar-refractivity contribution < 1.29 is 29.1 Å². The molecule has 2 N–H and O–H groups in total. The number of ketones is 3. The number of hydrogen-bond acceptors (Lipinski definition) is 6. The van der Waals surface area contributed by atoms with Crippen molar-refractivity contribution in [2.75, 3.05) is 0 Å². The molecule has 0 spiro atoms. The monoisotopic (exact) mass is 603 g/mol. The van der Waals surface area contributed by atoms with Crippen LogP contribution in [0.15, 0.2) is 108 Å². The maximum Gasteiger partial charge on any atom is 0.251 e. The Morgan fingerprint density at radius 3 is 1.76 bits per heavy atom. The molecule has 0 aliphatic heterocycles. The first-order chi connectivity index (χ1) is 21.8. The van der Waals surface area contributed by atoms with Gasteiger partial charge in [-0.25, -0.2) is 0 Å². The zero-order valence-corrected chi connectivity index (χ0v) is 24.8. The summed E-state index contributed by atoms with van der Waals surface area (Å²) < 4.78 is 0. The largest absolute Gasteiger partial charge is 0.875 e. The van der Waals surface area contributed by atoms with Crippen molar-refractivity contribution in [3.05, 3.63) is 119 Å². The molecular weight excluding hydrogens is 568 g/mol. The number of amides is 2. The van der Waals surface area contributed by atoms with Gasteiger partial charge in [-0.05, 0) is 61.9 Å². The second-order valence-corrected chi connectivity index (χ2v) is 12.2. The molecule has 2 aromatic rings.